The molecule has 0 aliphatic heterocycles. The lowest BCUT2D eigenvalue weighted by Gasteiger charge is -2.16. The highest BCUT2D eigenvalue weighted by Gasteiger charge is 2.08. The molecule has 0 bridgehead atoms. The van der Waals surface area contributed by atoms with E-state index in [1.807, 2.05) is 18.9 Å². The fourth-order valence-corrected chi connectivity index (χ4v) is 1.97. The van der Waals surface area contributed by atoms with Crippen LogP contribution in [0.1, 0.15) is 12.6 Å². The summed E-state index contributed by atoms with van der Waals surface area (Å²) in [4.78, 5) is 18.1. The Morgan fingerprint density at radius 2 is 2.10 bits per heavy atom. The molecule has 0 aliphatic rings. The first-order valence-electron chi connectivity index (χ1n) is 6.10. The van der Waals surface area contributed by atoms with E-state index in [4.69, 9.17) is 23.2 Å². The van der Waals surface area contributed by atoms with Crippen molar-refractivity contribution in [2.45, 2.75) is 13.5 Å². The third-order valence-electron chi connectivity index (χ3n) is 2.95. The van der Waals surface area contributed by atoms with E-state index < -0.39 is 0 Å². The van der Waals surface area contributed by atoms with Crippen LogP contribution in [0.3, 0.4) is 0 Å². The lowest BCUT2D eigenvalue weighted by molar-refractivity contribution is 0.627. The minimum atomic E-state index is -0.208. The molecule has 0 amide bonds. The summed E-state index contributed by atoms with van der Waals surface area (Å²) in [6.45, 7) is 2.99. The average Bonchev–Trinajstić information content (AvgIpc) is 2.44. The van der Waals surface area contributed by atoms with Gasteiger partial charge in [-0.05, 0) is 19.1 Å². The van der Waals surface area contributed by atoms with Crippen LogP contribution in [0.2, 0.25) is 10.2 Å². The molecule has 0 aliphatic carbocycles. The fraction of sp³-hybridized carbons (Fsp3) is 0.308. The summed E-state index contributed by atoms with van der Waals surface area (Å²) < 4.78 is 1.30. The quantitative estimate of drug-likeness (QED) is 0.814. The molecule has 20 heavy (non-hydrogen) atoms. The summed E-state index contributed by atoms with van der Waals surface area (Å²) >= 11 is 11.9. The zero-order valence-electron chi connectivity index (χ0n) is 11.2. The SMILES string of the molecule is CCN(C)c1cnn(Cc2nc(Cl)ccc2Cl)c(=O)c1. The molecule has 2 aromatic heterocycles. The molecule has 2 aromatic rings. The predicted octanol–water partition coefficient (Wildman–Crippen LogP) is 2.45. The molecule has 0 fully saturated rings. The van der Waals surface area contributed by atoms with Crippen LogP contribution in [0.25, 0.3) is 0 Å². The van der Waals surface area contributed by atoms with Gasteiger partial charge in [0, 0.05) is 19.7 Å². The minimum Gasteiger partial charge on any atom is -0.373 e. The van der Waals surface area contributed by atoms with E-state index in [-0.39, 0.29) is 12.1 Å². The van der Waals surface area contributed by atoms with Crippen molar-refractivity contribution in [3.8, 4) is 0 Å². The second-order valence-electron chi connectivity index (χ2n) is 4.29. The van der Waals surface area contributed by atoms with Crippen LogP contribution in [0.5, 0.6) is 0 Å². The number of hydrogen-bond acceptors (Lipinski definition) is 4. The van der Waals surface area contributed by atoms with E-state index in [1.165, 1.54) is 10.7 Å². The second kappa shape index (κ2) is 6.24. The maximum atomic E-state index is 12.0. The maximum absolute atomic E-state index is 12.0. The summed E-state index contributed by atoms with van der Waals surface area (Å²) in [6.07, 6.45) is 1.64. The number of pyridine rings is 1. The van der Waals surface area contributed by atoms with Crippen LogP contribution in [-0.2, 0) is 6.54 Å². The second-order valence-corrected chi connectivity index (χ2v) is 5.08. The van der Waals surface area contributed by atoms with Crippen LogP contribution < -0.4 is 10.5 Å². The first-order chi connectivity index (χ1) is 9.51. The van der Waals surface area contributed by atoms with Gasteiger partial charge in [-0.3, -0.25) is 4.79 Å². The van der Waals surface area contributed by atoms with Crippen LogP contribution in [0.15, 0.2) is 29.2 Å². The third kappa shape index (κ3) is 3.29. The van der Waals surface area contributed by atoms with Gasteiger partial charge >= 0.3 is 0 Å². The Labute approximate surface area is 126 Å². The van der Waals surface area contributed by atoms with Gasteiger partial charge in [0.15, 0.2) is 0 Å². The van der Waals surface area contributed by atoms with E-state index in [0.29, 0.717) is 15.9 Å². The topological polar surface area (TPSA) is 51.0 Å². The van der Waals surface area contributed by atoms with Crippen molar-refractivity contribution in [2.24, 2.45) is 0 Å². The van der Waals surface area contributed by atoms with Gasteiger partial charge in [0.1, 0.15) is 5.15 Å². The number of nitrogens with zero attached hydrogens (tertiary/aromatic N) is 4. The molecule has 0 aromatic carbocycles. The molecule has 2 heterocycles. The number of rotatable bonds is 4. The smallest absolute Gasteiger partial charge is 0.269 e. The molecule has 0 spiro atoms. The number of aromatic nitrogens is 3. The van der Waals surface area contributed by atoms with E-state index >= 15 is 0 Å². The standard InChI is InChI=1S/C13H14Cl2N4O/c1-3-18(2)9-6-13(20)19(16-7-9)8-11-10(14)4-5-12(15)17-11/h4-7H,3,8H2,1-2H3. The molecule has 0 saturated heterocycles. The van der Waals surface area contributed by atoms with Crippen molar-refractivity contribution >= 4 is 28.9 Å². The largest absolute Gasteiger partial charge is 0.373 e. The van der Waals surface area contributed by atoms with E-state index in [1.54, 1.807) is 18.3 Å². The van der Waals surface area contributed by atoms with Crippen molar-refractivity contribution < 1.29 is 0 Å². The van der Waals surface area contributed by atoms with Crippen LogP contribution in [0.4, 0.5) is 5.69 Å². The number of halogens is 2. The van der Waals surface area contributed by atoms with Crippen molar-refractivity contribution in [2.75, 3.05) is 18.5 Å². The van der Waals surface area contributed by atoms with Crippen LogP contribution >= 0.6 is 23.2 Å². The van der Waals surface area contributed by atoms with Crippen LogP contribution in [0, 0.1) is 0 Å². The Hall–Kier alpha value is -1.59. The molecule has 106 valence electrons. The Morgan fingerprint density at radius 3 is 2.75 bits per heavy atom. The summed E-state index contributed by atoms with van der Waals surface area (Å²) in [6, 6.07) is 4.79. The minimum absolute atomic E-state index is 0.189. The molecular weight excluding hydrogens is 299 g/mol. The highest BCUT2D eigenvalue weighted by atomic mass is 35.5. The van der Waals surface area contributed by atoms with Gasteiger partial charge in [-0.25, -0.2) is 9.67 Å². The first-order valence-corrected chi connectivity index (χ1v) is 6.86. The Bertz CT molecular complexity index is 672. The summed E-state index contributed by atoms with van der Waals surface area (Å²) in [5.74, 6) is 0. The Balaban J connectivity index is 2.30. The number of anilines is 1. The Kier molecular flexibility index (Phi) is 4.62. The molecule has 0 unspecified atom stereocenters. The van der Waals surface area contributed by atoms with Gasteiger partial charge in [0.2, 0.25) is 0 Å². The molecule has 5 nitrogen and oxygen atoms in total. The molecule has 0 atom stereocenters. The molecular formula is C13H14Cl2N4O. The van der Waals surface area contributed by atoms with Crippen molar-refractivity contribution in [3.63, 3.8) is 0 Å². The van der Waals surface area contributed by atoms with Gasteiger partial charge in [0.05, 0.1) is 29.1 Å². The van der Waals surface area contributed by atoms with Crippen molar-refractivity contribution in [1.29, 1.82) is 0 Å². The number of hydrogen-bond donors (Lipinski definition) is 0. The van der Waals surface area contributed by atoms with Gasteiger partial charge in [0.25, 0.3) is 5.56 Å². The van der Waals surface area contributed by atoms with Gasteiger partial charge in [-0.15, -0.1) is 0 Å². The fourth-order valence-electron chi connectivity index (χ4n) is 1.64. The van der Waals surface area contributed by atoms with Crippen molar-refractivity contribution in [3.05, 3.63) is 50.6 Å². The molecule has 2 rings (SSSR count). The highest BCUT2D eigenvalue weighted by Crippen LogP contribution is 2.17. The zero-order valence-corrected chi connectivity index (χ0v) is 12.7. The third-order valence-corrected chi connectivity index (χ3v) is 3.51. The van der Waals surface area contributed by atoms with E-state index in [9.17, 15) is 4.79 Å². The zero-order chi connectivity index (χ0) is 14.7. The first kappa shape index (κ1) is 14.8. The van der Waals surface area contributed by atoms with Gasteiger partial charge in [-0.1, -0.05) is 23.2 Å². The van der Waals surface area contributed by atoms with Crippen molar-refractivity contribution in [1.82, 2.24) is 14.8 Å². The maximum Gasteiger partial charge on any atom is 0.269 e. The monoisotopic (exact) mass is 312 g/mol. The lowest BCUT2D eigenvalue weighted by Crippen LogP contribution is -2.26. The normalized spacial score (nSPS) is 10.6. The summed E-state index contributed by atoms with van der Waals surface area (Å²) in [7, 11) is 1.90. The average molecular weight is 313 g/mol. The summed E-state index contributed by atoms with van der Waals surface area (Å²) in [5.41, 5.74) is 1.09. The van der Waals surface area contributed by atoms with Crippen LogP contribution in [-0.4, -0.2) is 28.4 Å². The van der Waals surface area contributed by atoms with E-state index in [0.717, 1.165) is 12.2 Å². The highest BCUT2D eigenvalue weighted by molar-refractivity contribution is 6.32. The molecule has 0 radical (unpaired) electrons. The predicted molar refractivity (Wildman–Crippen MR) is 80.8 cm³/mol. The summed E-state index contributed by atoms with van der Waals surface area (Å²) in [5, 5.41) is 4.92. The molecule has 7 heteroatoms. The van der Waals surface area contributed by atoms with Gasteiger partial charge in [-0.2, -0.15) is 5.10 Å². The van der Waals surface area contributed by atoms with Gasteiger partial charge < -0.3 is 4.90 Å². The molecule has 0 N–H and O–H groups in total. The molecule has 0 saturated carbocycles. The lowest BCUT2D eigenvalue weighted by atomic mass is 10.3. The Morgan fingerprint density at radius 1 is 1.35 bits per heavy atom. The van der Waals surface area contributed by atoms with E-state index in [2.05, 4.69) is 10.1 Å².